The highest BCUT2D eigenvalue weighted by atomic mass is 16.5. The number of ether oxygens (including phenoxy) is 1. The van der Waals surface area contributed by atoms with Crippen molar-refractivity contribution in [2.75, 3.05) is 20.1 Å². The first-order valence-electron chi connectivity index (χ1n) is 8.63. The molecule has 0 radical (unpaired) electrons. The van der Waals surface area contributed by atoms with Crippen molar-refractivity contribution in [3.8, 4) is 5.75 Å². The predicted molar refractivity (Wildman–Crippen MR) is 96.9 cm³/mol. The molecule has 1 N–H and O–H groups in total. The molecule has 0 spiro atoms. The van der Waals surface area contributed by atoms with Crippen LogP contribution in [0.1, 0.15) is 39.9 Å². The molecule has 0 aliphatic carbocycles. The Kier molecular flexibility index (Phi) is 4.06. The number of aromatic carboxylic acids is 1. The van der Waals surface area contributed by atoms with E-state index in [2.05, 4.69) is 24.1 Å². The average Bonchev–Trinajstić information content (AvgIpc) is 2.79. The Balaban J connectivity index is 1.97. The maximum Gasteiger partial charge on any atom is 0.339 e. The molecule has 2 aromatic rings. The van der Waals surface area contributed by atoms with Crippen LogP contribution in [0.25, 0.3) is 5.57 Å². The van der Waals surface area contributed by atoms with Crippen molar-refractivity contribution in [1.29, 1.82) is 0 Å². The van der Waals surface area contributed by atoms with Crippen LogP contribution in [0.2, 0.25) is 0 Å². The summed E-state index contributed by atoms with van der Waals surface area (Å²) in [6, 6.07) is 13.7. The van der Waals surface area contributed by atoms with Crippen LogP contribution in [0.4, 0.5) is 0 Å². The van der Waals surface area contributed by atoms with Gasteiger partial charge in [0.15, 0.2) is 0 Å². The van der Waals surface area contributed by atoms with E-state index in [-0.39, 0.29) is 5.56 Å². The normalized spacial score (nSPS) is 17.3. The van der Waals surface area contributed by atoms with Crippen LogP contribution < -0.4 is 4.74 Å². The first kappa shape index (κ1) is 15.9. The zero-order valence-corrected chi connectivity index (χ0v) is 14.3. The SMILES string of the molecule is CN1CCC(=C2c3ccccc3COc3c(C(=O)O)cccc32)CC1. The predicted octanol–water partition coefficient (Wildman–Crippen LogP) is 3.80. The minimum atomic E-state index is -0.949. The van der Waals surface area contributed by atoms with E-state index in [4.69, 9.17) is 4.74 Å². The standard InChI is InChI=1S/C21H21NO3/c1-22-11-9-14(10-12-22)19-16-6-3-2-5-15(16)13-25-20-17(19)7-4-8-18(20)21(23)24/h2-8H,9-13H2,1H3,(H,23,24). The van der Waals surface area contributed by atoms with Crippen LogP contribution in [0.15, 0.2) is 48.0 Å². The summed E-state index contributed by atoms with van der Waals surface area (Å²) >= 11 is 0. The highest BCUT2D eigenvalue weighted by Crippen LogP contribution is 2.42. The van der Waals surface area contributed by atoms with Gasteiger partial charge in [0.05, 0.1) is 0 Å². The molecule has 0 saturated carbocycles. The van der Waals surface area contributed by atoms with Gasteiger partial charge in [0.1, 0.15) is 17.9 Å². The minimum Gasteiger partial charge on any atom is -0.487 e. The molecule has 25 heavy (non-hydrogen) atoms. The molecule has 2 aliphatic rings. The van der Waals surface area contributed by atoms with Crippen molar-refractivity contribution in [3.05, 3.63) is 70.3 Å². The van der Waals surface area contributed by atoms with E-state index in [1.807, 2.05) is 24.3 Å². The fourth-order valence-electron chi connectivity index (χ4n) is 3.76. The van der Waals surface area contributed by atoms with Gasteiger partial charge in [-0.1, -0.05) is 42.0 Å². The molecule has 0 unspecified atom stereocenters. The second-order valence-corrected chi connectivity index (χ2v) is 6.72. The molecule has 1 fully saturated rings. The van der Waals surface area contributed by atoms with Crippen molar-refractivity contribution in [1.82, 2.24) is 4.90 Å². The van der Waals surface area contributed by atoms with Crippen molar-refractivity contribution in [3.63, 3.8) is 0 Å². The second-order valence-electron chi connectivity index (χ2n) is 6.72. The third-order valence-corrected chi connectivity index (χ3v) is 5.12. The summed E-state index contributed by atoms with van der Waals surface area (Å²) in [4.78, 5) is 14.0. The summed E-state index contributed by atoms with van der Waals surface area (Å²) in [5.41, 5.74) is 5.97. The van der Waals surface area contributed by atoms with Gasteiger partial charge in [-0.05, 0) is 42.7 Å². The highest BCUT2D eigenvalue weighted by molar-refractivity contribution is 5.96. The number of piperidine rings is 1. The third-order valence-electron chi connectivity index (χ3n) is 5.12. The lowest BCUT2D eigenvalue weighted by atomic mass is 9.86. The molecule has 2 heterocycles. The van der Waals surface area contributed by atoms with Gasteiger partial charge in [-0.25, -0.2) is 4.79 Å². The van der Waals surface area contributed by atoms with E-state index in [0.29, 0.717) is 12.4 Å². The molecule has 0 aromatic heterocycles. The molecule has 4 rings (SSSR count). The van der Waals surface area contributed by atoms with Gasteiger partial charge >= 0.3 is 5.97 Å². The van der Waals surface area contributed by atoms with E-state index in [0.717, 1.165) is 37.1 Å². The lowest BCUT2D eigenvalue weighted by Crippen LogP contribution is -2.27. The fourth-order valence-corrected chi connectivity index (χ4v) is 3.76. The zero-order chi connectivity index (χ0) is 17.4. The van der Waals surface area contributed by atoms with Crippen molar-refractivity contribution < 1.29 is 14.6 Å². The summed E-state index contributed by atoms with van der Waals surface area (Å²) in [5.74, 6) is -0.455. The van der Waals surface area contributed by atoms with Gasteiger partial charge < -0.3 is 14.7 Å². The van der Waals surface area contributed by atoms with Gasteiger partial charge in [-0.3, -0.25) is 0 Å². The molecule has 0 amide bonds. The number of carboxylic acids is 1. The molecule has 4 nitrogen and oxygen atoms in total. The van der Waals surface area contributed by atoms with E-state index < -0.39 is 5.97 Å². The van der Waals surface area contributed by atoms with Crippen molar-refractivity contribution in [2.45, 2.75) is 19.4 Å². The molecular weight excluding hydrogens is 314 g/mol. The maximum atomic E-state index is 11.7. The van der Waals surface area contributed by atoms with E-state index in [1.54, 1.807) is 6.07 Å². The van der Waals surface area contributed by atoms with Crippen LogP contribution in [-0.4, -0.2) is 36.1 Å². The molecule has 2 aromatic carbocycles. The average molecular weight is 335 g/mol. The van der Waals surface area contributed by atoms with Crippen molar-refractivity contribution >= 4 is 11.5 Å². The number of hydrogen-bond acceptors (Lipinski definition) is 3. The van der Waals surface area contributed by atoms with E-state index >= 15 is 0 Å². The number of carbonyl (C=O) groups is 1. The van der Waals surface area contributed by atoms with Crippen molar-refractivity contribution in [2.24, 2.45) is 0 Å². The fraction of sp³-hybridized carbons (Fsp3) is 0.286. The number of nitrogens with zero attached hydrogens (tertiary/aromatic N) is 1. The Labute approximate surface area is 147 Å². The molecule has 0 atom stereocenters. The van der Waals surface area contributed by atoms with Crippen LogP contribution >= 0.6 is 0 Å². The van der Waals surface area contributed by atoms with Gasteiger partial charge in [-0.15, -0.1) is 0 Å². The number of para-hydroxylation sites is 1. The highest BCUT2D eigenvalue weighted by Gasteiger charge is 2.26. The van der Waals surface area contributed by atoms with Gasteiger partial charge in [0, 0.05) is 18.7 Å². The van der Waals surface area contributed by atoms with Crippen LogP contribution in [-0.2, 0) is 6.61 Å². The maximum absolute atomic E-state index is 11.7. The number of carboxylic acid groups (broad SMARTS) is 1. The molecule has 0 bridgehead atoms. The second kappa shape index (κ2) is 6.37. The molecule has 2 aliphatic heterocycles. The first-order chi connectivity index (χ1) is 12.1. The van der Waals surface area contributed by atoms with Gasteiger partial charge in [0.25, 0.3) is 0 Å². The lowest BCUT2D eigenvalue weighted by Gasteiger charge is -2.27. The summed E-state index contributed by atoms with van der Waals surface area (Å²) in [6.07, 6.45) is 1.99. The van der Waals surface area contributed by atoms with Gasteiger partial charge in [0.2, 0.25) is 0 Å². The zero-order valence-electron chi connectivity index (χ0n) is 14.3. The quantitative estimate of drug-likeness (QED) is 0.861. The number of likely N-dealkylation sites (tertiary alicyclic amines) is 1. The Morgan fingerprint density at radius 3 is 2.52 bits per heavy atom. The number of hydrogen-bond donors (Lipinski definition) is 1. The summed E-state index contributed by atoms with van der Waals surface area (Å²) in [5, 5.41) is 9.58. The molecular formula is C21H21NO3. The van der Waals surface area contributed by atoms with E-state index in [1.165, 1.54) is 16.7 Å². The largest absolute Gasteiger partial charge is 0.487 e. The first-order valence-corrected chi connectivity index (χ1v) is 8.63. The lowest BCUT2D eigenvalue weighted by molar-refractivity contribution is 0.0691. The molecule has 1 saturated heterocycles. The summed E-state index contributed by atoms with van der Waals surface area (Å²) < 4.78 is 5.98. The monoisotopic (exact) mass is 335 g/mol. The third kappa shape index (κ3) is 2.83. The van der Waals surface area contributed by atoms with Crippen LogP contribution in [0, 0.1) is 0 Å². The Hall–Kier alpha value is -2.59. The Morgan fingerprint density at radius 2 is 1.76 bits per heavy atom. The topological polar surface area (TPSA) is 49.8 Å². The smallest absolute Gasteiger partial charge is 0.339 e. The number of benzene rings is 2. The Bertz CT molecular complexity index is 859. The molecule has 4 heteroatoms. The molecule has 128 valence electrons. The minimum absolute atomic E-state index is 0.233. The van der Waals surface area contributed by atoms with Crippen LogP contribution in [0.5, 0.6) is 5.75 Å². The number of rotatable bonds is 1. The Morgan fingerprint density at radius 1 is 1.04 bits per heavy atom. The summed E-state index contributed by atoms with van der Waals surface area (Å²) in [6.45, 7) is 2.44. The number of fused-ring (bicyclic) bond motifs is 2. The van der Waals surface area contributed by atoms with Crippen LogP contribution in [0.3, 0.4) is 0 Å². The van der Waals surface area contributed by atoms with E-state index in [9.17, 15) is 9.90 Å². The summed E-state index contributed by atoms with van der Waals surface area (Å²) in [7, 11) is 2.14. The van der Waals surface area contributed by atoms with Gasteiger partial charge in [-0.2, -0.15) is 0 Å².